The molecular formula is C14H17NO4S. The number of nitrogens with zero attached hydrogens (tertiary/aromatic N) is 1. The molecule has 108 valence electrons. The van der Waals surface area contributed by atoms with Gasteiger partial charge in [-0.2, -0.15) is 0 Å². The molecule has 0 radical (unpaired) electrons. The zero-order chi connectivity index (χ0) is 14.7. The Morgan fingerprint density at radius 2 is 2.20 bits per heavy atom. The number of amides is 1. The summed E-state index contributed by atoms with van der Waals surface area (Å²) in [5.41, 5.74) is 0. The Labute approximate surface area is 121 Å². The topological polar surface area (TPSA) is 66.8 Å². The fourth-order valence-corrected chi connectivity index (χ4v) is 2.91. The first-order chi connectivity index (χ1) is 9.47. The summed E-state index contributed by atoms with van der Waals surface area (Å²) in [6, 6.07) is 3.55. The van der Waals surface area contributed by atoms with Gasteiger partial charge in [0.25, 0.3) is 5.91 Å². The van der Waals surface area contributed by atoms with Crippen LogP contribution in [0.4, 0.5) is 0 Å². The van der Waals surface area contributed by atoms with E-state index in [-0.39, 0.29) is 18.1 Å². The molecule has 0 aromatic carbocycles. The highest BCUT2D eigenvalue weighted by Crippen LogP contribution is 2.22. The summed E-state index contributed by atoms with van der Waals surface area (Å²) in [7, 11) is 0. The molecule has 2 heterocycles. The van der Waals surface area contributed by atoms with Crippen molar-refractivity contribution in [3.05, 3.63) is 28.0 Å². The molecule has 2 atom stereocenters. The van der Waals surface area contributed by atoms with E-state index < -0.39 is 5.97 Å². The molecule has 1 aromatic heterocycles. The van der Waals surface area contributed by atoms with Crippen molar-refractivity contribution in [1.29, 1.82) is 0 Å². The number of rotatable bonds is 3. The molecule has 0 saturated carbocycles. The Balaban J connectivity index is 2.11. The van der Waals surface area contributed by atoms with Gasteiger partial charge in [0.2, 0.25) is 0 Å². The third kappa shape index (κ3) is 3.46. The highest BCUT2D eigenvalue weighted by atomic mass is 32.1. The van der Waals surface area contributed by atoms with Crippen molar-refractivity contribution < 1.29 is 19.4 Å². The molecule has 1 aliphatic rings. The number of carbonyl (C=O) groups excluding carboxylic acids is 1. The van der Waals surface area contributed by atoms with Crippen LogP contribution in [0.25, 0.3) is 6.08 Å². The second-order valence-electron chi connectivity index (χ2n) is 4.82. The Morgan fingerprint density at radius 1 is 1.45 bits per heavy atom. The zero-order valence-corrected chi connectivity index (χ0v) is 12.2. The molecule has 2 unspecified atom stereocenters. The Morgan fingerprint density at radius 3 is 2.90 bits per heavy atom. The third-order valence-corrected chi connectivity index (χ3v) is 4.13. The molecule has 1 saturated heterocycles. The minimum atomic E-state index is -0.998. The van der Waals surface area contributed by atoms with Crippen molar-refractivity contribution in [2.75, 3.05) is 13.2 Å². The molecule has 1 N–H and O–H groups in total. The van der Waals surface area contributed by atoms with E-state index in [1.807, 2.05) is 18.7 Å². The van der Waals surface area contributed by atoms with E-state index >= 15 is 0 Å². The average Bonchev–Trinajstić information content (AvgIpc) is 2.87. The quantitative estimate of drug-likeness (QED) is 0.867. The molecule has 1 fully saturated rings. The largest absolute Gasteiger partial charge is 0.478 e. The van der Waals surface area contributed by atoms with E-state index in [1.54, 1.807) is 12.1 Å². The molecule has 1 aliphatic heterocycles. The smallest absolute Gasteiger partial charge is 0.328 e. The number of morpholine rings is 1. The summed E-state index contributed by atoms with van der Waals surface area (Å²) in [6.07, 6.45) is 2.61. The molecule has 20 heavy (non-hydrogen) atoms. The lowest BCUT2D eigenvalue weighted by molar-refractivity contribution is -0.131. The second-order valence-corrected chi connectivity index (χ2v) is 5.94. The third-order valence-electron chi connectivity index (χ3n) is 3.10. The average molecular weight is 295 g/mol. The van der Waals surface area contributed by atoms with E-state index in [4.69, 9.17) is 9.84 Å². The van der Waals surface area contributed by atoms with Crippen LogP contribution >= 0.6 is 11.3 Å². The van der Waals surface area contributed by atoms with Crippen molar-refractivity contribution in [3.8, 4) is 0 Å². The number of carboxylic acids is 1. The molecular weight excluding hydrogens is 278 g/mol. The number of ether oxygens (including phenoxy) is 1. The maximum absolute atomic E-state index is 12.4. The van der Waals surface area contributed by atoms with Crippen molar-refractivity contribution in [1.82, 2.24) is 4.90 Å². The highest BCUT2D eigenvalue weighted by Gasteiger charge is 2.28. The molecule has 1 amide bonds. The number of thiophene rings is 1. The fraction of sp³-hybridized carbons (Fsp3) is 0.429. The summed E-state index contributed by atoms with van der Waals surface area (Å²) in [5, 5.41) is 8.59. The van der Waals surface area contributed by atoms with Crippen LogP contribution in [0.2, 0.25) is 0 Å². The van der Waals surface area contributed by atoms with Crippen LogP contribution < -0.4 is 0 Å². The predicted octanol–water partition coefficient (Wildman–Crippen LogP) is 2.10. The number of carbonyl (C=O) groups is 2. The van der Waals surface area contributed by atoms with E-state index in [0.29, 0.717) is 18.0 Å². The van der Waals surface area contributed by atoms with Gasteiger partial charge in [0.15, 0.2) is 0 Å². The van der Waals surface area contributed by atoms with Gasteiger partial charge in [-0.1, -0.05) is 0 Å². The van der Waals surface area contributed by atoms with Crippen molar-refractivity contribution in [3.63, 3.8) is 0 Å². The van der Waals surface area contributed by atoms with Crippen LogP contribution in [0, 0.1) is 0 Å². The molecule has 2 rings (SSSR count). The van der Waals surface area contributed by atoms with Gasteiger partial charge in [-0.15, -0.1) is 11.3 Å². The maximum atomic E-state index is 12.4. The molecule has 1 aromatic rings. The molecule has 5 nitrogen and oxygen atoms in total. The van der Waals surface area contributed by atoms with Crippen molar-refractivity contribution >= 4 is 29.3 Å². The number of hydrogen-bond acceptors (Lipinski definition) is 4. The number of aliphatic carboxylic acids is 1. The SMILES string of the molecule is CC1CN(C(=O)c2ccc(C=CC(=O)O)s2)C(C)CO1. The fourth-order valence-electron chi connectivity index (χ4n) is 2.04. The lowest BCUT2D eigenvalue weighted by Crippen LogP contribution is -2.50. The summed E-state index contributed by atoms with van der Waals surface area (Å²) in [5.74, 6) is -1.02. The standard InChI is InChI=1S/C14H17NO4S/c1-9-8-19-10(2)7-15(9)14(18)12-5-3-11(20-12)4-6-13(16)17/h3-6,9-10H,7-8H2,1-2H3,(H,16,17). The maximum Gasteiger partial charge on any atom is 0.328 e. The van der Waals surface area contributed by atoms with Crippen LogP contribution in [-0.4, -0.2) is 47.2 Å². The first-order valence-corrected chi connectivity index (χ1v) is 7.22. The van der Waals surface area contributed by atoms with Crippen molar-refractivity contribution in [2.24, 2.45) is 0 Å². The van der Waals surface area contributed by atoms with Gasteiger partial charge in [0.1, 0.15) is 0 Å². The second kappa shape index (κ2) is 6.19. The van der Waals surface area contributed by atoms with E-state index in [2.05, 4.69) is 0 Å². The zero-order valence-electron chi connectivity index (χ0n) is 11.4. The van der Waals surface area contributed by atoms with Crippen LogP contribution in [0.3, 0.4) is 0 Å². The lowest BCUT2D eigenvalue weighted by Gasteiger charge is -2.36. The summed E-state index contributed by atoms with van der Waals surface area (Å²) in [6.45, 7) is 5.03. The van der Waals surface area contributed by atoms with Crippen LogP contribution in [0.5, 0.6) is 0 Å². The molecule has 0 bridgehead atoms. The first-order valence-electron chi connectivity index (χ1n) is 6.41. The van der Waals surface area contributed by atoms with E-state index in [0.717, 1.165) is 11.0 Å². The Kier molecular flexibility index (Phi) is 4.57. The first kappa shape index (κ1) is 14.7. The monoisotopic (exact) mass is 295 g/mol. The minimum absolute atomic E-state index is 0.0207. The van der Waals surface area contributed by atoms with Gasteiger partial charge >= 0.3 is 5.97 Å². The lowest BCUT2D eigenvalue weighted by atomic mass is 10.2. The van der Waals surface area contributed by atoms with E-state index in [9.17, 15) is 9.59 Å². The Hall–Kier alpha value is -1.66. The number of carboxylic acid groups (broad SMARTS) is 1. The summed E-state index contributed by atoms with van der Waals surface area (Å²) >= 11 is 1.30. The van der Waals surface area contributed by atoms with Gasteiger partial charge in [-0.25, -0.2) is 4.79 Å². The minimum Gasteiger partial charge on any atom is -0.478 e. The summed E-state index contributed by atoms with van der Waals surface area (Å²) in [4.78, 5) is 26.1. The van der Waals surface area contributed by atoms with Gasteiger partial charge in [0.05, 0.1) is 23.6 Å². The van der Waals surface area contributed by atoms with Gasteiger partial charge < -0.3 is 14.7 Å². The van der Waals surface area contributed by atoms with E-state index in [1.165, 1.54) is 17.4 Å². The van der Waals surface area contributed by atoms with Crippen molar-refractivity contribution in [2.45, 2.75) is 26.0 Å². The predicted molar refractivity (Wildman–Crippen MR) is 76.9 cm³/mol. The van der Waals surface area contributed by atoms with Gasteiger partial charge in [0, 0.05) is 17.5 Å². The molecule has 0 aliphatic carbocycles. The van der Waals surface area contributed by atoms with Crippen LogP contribution in [-0.2, 0) is 9.53 Å². The Bertz CT molecular complexity index is 537. The molecule has 6 heteroatoms. The number of hydrogen-bond donors (Lipinski definition) is 1. The normalized spacial score (nSPS) is 23.2. The van der Waals surface area contributed by atoms with Gasteiger partial charge in [-0.05, 0) is 32.1 Å². The summed E-state index contributed by atoms with van der Waals surface area (Å²) < 4.78 is 5.51. The highest BCUT2D eigenvalue weighted by molar-refractivity contribution is 7.14. The molecule has 0 spiro atoms. The van der Waals surface area contributed by atoms with Crippen LogP contribution in [0.15, 0.2) is 18.2 Å². The van der Waals surface area contributed by atoms with Gasteiger partial charge in [-0.3, -0.25) is 4.79 Å². The van der Waals surface area contributed by atoms with Crippen LogP contribution in [0.1, 0.15) is 28.4 Å².